The number of hydrogen-bond donors (Lipinski definition) is 2. The normalized spacial score (nSPS) is 12.4. The molecule has 1 amide bonds. The maximum absolute atomic E-state index is 11.4. The molecule has 0 saturated heterocycles. The van der Waals surface area contributed by atoms with Gasteiger partial charge in [0.25, 0.3) is 0 Å². The maximum Gasteiger partial charge on any atom is 0.239 e. The lowest BCUT2D eigenvalue weighted by Crippen LogP contribution is -2.41. The van der Waals surface area contributed by atoms with Crippen LogP contribution in [0.4, 0.5) is 0 Å². The zero-order chi connectivity index (χ0) is 11.1. The van der Waals surface area contributed by atoms with Gasteiger partial charge in [0.1, 0.15) is 11.8 Å². The van der Waals surface area contributed by atoms with Gasteiger partial charge in [0.15, 0.2) is 0 Å². The van der Waals surface area contributed by atoms with Crippen molar-refractivity contribution in [1.82, 2.24) is 10.8 Å². The van der Waals surface area contributed by atoms with Gasteiger partial charge < -0.3 is 14.6 Å². The van der Waals surface area contributed by atoms with Crippen LogP contribution in [0, 0.1) is 0 Å². The molecule has 0 aliphatic rings. The second-order valence-corrected chi connectivity index (χ2v) is 3.07. The number of carbonyl (C=O) groups is 1. The summed E-state index contributed by atoms with van der Waals surface area (Å²) in [5.74, 6) is 0.604. The van der Waals surface area contributed by atoms with Gasteiger partial charge in [-0.25, -0.2) is 0 Å². The molecule has 0 aliphatic carbocycles. The van der Waals surface area contributed by atoms with E-state index in [9.17, 15) is 4.79 Å². The lowest BCUT2D eigenvalue weighted by atomic mass is 10.3. The molecule has 1 rings (SSSR count). The molecule has 15 heavy (non-hydrogen) atoms. The summed E-state index contributed by atoms with van der Waals surface area (Å²) in [6.07, 6.45) is 1.57. The van der Waals surface area contributed by atoms with Gasteiger partial charge in [0, 0.05) is 0 Å². The lowest BCUT2D eigenvalue weighted by molar-refractivity contribution is -0.126. The Labute approximate surface area is 88.7 Å². The van der Waals surface area contributed by atoms with Crippen LogP contribution in [-0.4, -0.2) is 18.6 Å². The van der Waals surface area contributed by atoms with Crippen LogP contribution in [0.5, 0.6) is 0 Å². The topological polar surface area (TPSA) is 63.5 Å². The average Bonchev–Trinajstić information content (AvgIpc) is 2.75. The Kier molecular flexibility index (Phi) is 4.86. The van der Waals surface area contributed by atoms with Crippen LogP contribution < -0.4 is 10.8 Å². The van der Waals surface area contributed by atoms with Crippen molar-refractivity contribution in [2.24, 2.45) is 0 Å². The molecule has 1 aromatic heterocycles. The zero-order valence-corrected chi connectivity index (χ0v) is 8.95. The van der Waals surface area contributed by atoms with E-state index < -0.39 is 0 Å². The van der Waals surface area contributed by atoms with Crippen molar-refractivity contribution < 1.29 is 14.0 Å². The molecule has 0 bridgehead atoms. The Bertz CT molecular complexity index is 285. The summed E-state index contributed by atoms with van der Waals surface area (Å²) in [6, 6.07) is 3.21. The van der Waals surface area contributed by atoms with E-state index in [1.807, 2.05) is 6.92 Å². The van der Waals surface area contributed by atoms with Crippen LogP contribution in [0.15, 0.2) is 22.8 Å². The fourth-order valence-electron chi connectivity index (χ4n) is 1.00. The van der Waals surface area contributed by atoms with E-state index in [4.69, 9.17) is 9.25 Å². The highest BCUT2D eigenvalue weighted by atomic mass is 16.6. The van der Waals surface area contributed by atoms with E-state index in [-0.39, 0.29) is 11.9 Å². The standard InChI is InChI=1S/C10H16N2O3/c1-3-15-12-8(2)10(13)11-7-9-5-4-6-14-9/h4-6,8,12H,3,7H2,1-2H3,(H,11,13). The summed E-state index contributed by atoms with van der Waals surface area (Å²) < 4.78 is 5.08. The fraction of sp³-hybridized carbons (Fsp3) is 0.500. The minimum absolute atomic E-state index is 0.125. The van der Waals surface area contributed by atoms with Gasteiger partial charge in [-0.3, -0.25) is 4.79 Å². The SMILES string of the molecule is CCONC(C)C(=O)NCc1ccco1. The van der Waals surface area contributed by atoms with Gasteiger partial charge in [-0.2, -0.15) is 5.48 Å². The van der Waals surface area contributed by atoms with Crippen molar-refractivity contribution in [3.8, 4) is 0 Å². The molecule has 0 aromatic carbocycles. The molecule has 5 nitrogen and oxygen atoms in total. The van der Waals surface area contributed by atoms with E-state index in [0.717, 1.165) is 5.76 Å². The molecule has 0 saturated carbocycles. The van der Waals surface area contributed by atoms with E-state index in [0.29, 0.717) is 13.2 Å². The quantitative estimate of drug-likeness (QED) is 0.685. The predicted octanol–water partition coefficient (Wildman–Crippen LogP) is 0.825. The molecule has 1 heterocycles. The molecule has 0 aliphatic heterocycles. The highest BCUT2D eigenvalue weighted by molar-refractivity contribution is 5.80. The molecule has 2 N–H and O–H groups in total. The van der Waals surface area contributed by atoms with Crippen molar-refractivity contribution in [2.75, 3.05) is 6.61 Å². The lowest BCUT2D eigenvalue weighted by Gasteiger charge is -2.12. The van der Waals surface area contributed by atoms with Crippen LogP contribution in [-0.2, 0) is 16.2 Å². The van der Waals surface area contributed by atoms with Gasteiger partial charge in [-0.15, -0.1) is 0 Å². The Hall–Kier alpha value is -1.33. The first kappa shape index (κ1) is 11.7. The molecular formula is C10H16N2O3. The Morgan fingerprint density at radius 3 is 3.07 bits per heavy atom. The third kappa shape index (κ3) is 4.14. The van der Waals surface area contributed by atoms with Gasteiger partial charge in [0.2, 0.25) is 5.91 Å². The summed E-state index contributed by atoms with van der Waals surface area (Å²) in [5.41, 5.74) is 2.62. The Balaban J connectivity index is 2.23. The highest BCUT2D eigenvalue weighted by Gasteiger charge is 2.11. The number of nitrogens with one attached hydrogen (secondary N) is 2. The first-order valence-corrected chi connectivity index (χ1v) is 4.91. The summed E-state index contributed by atoms with van der Waals surface area (Å²) in [5, 5.41) is 2.72. The smallest absolute Gasteiger partial charge is 0.239 e. The number of amides is 1. The number of hydrogen-bond acceptors (Lipinski definition) is 4. The van der Waals surface area contributed by atoms with Gasteiger partial charge in [-0.1, -0.05) is 0 Å². The van der Waals surface area contributed by atoms with Crippen molar-refractivity contribution in [2.45, 2.75) is 26.4 Å². The van der Waals surface area contributed by atoms with Crippen LogP contribution in [0.25, 0.3) is 0 Å². The van der Waals surface area contributed by atoms with E-state index in [1.54, 1.807) is 25.3 Å². The summed E-state index contributed by atoms with van der Waals surface area (Å²) in [7, 11) is 0. The molecule has 0 fully saturated rings. The number of hydroxylamine groups is 1. The summed E-state index contributed by atoms with van der Waals surface area (Å²) >= 11 is 0. The van der Waals surface area contributed by atoms with Crippen molar-refractivity contribution in [1.29, 1.82) is 0 Å². The van der Waals surface area contributed by atoms with Crippen molar-refractivity contribution in [3.05, 3.63) is 24.2 Å². The van der Waals surface area contributed by atoms with Crippen LogP contribution in [0.1, 0.15) is 19.6 Å². The van der Waals surface area contributed by atoms with Gasteiger partial charge in [-0.05, 0) is 26.0 Å². The largest absolute Gasteiger partial charge is 0.467 e. The van der Waals surface area contributed by atoms with Crippen molar-refractivity contribution in [3.63, 3.8) is 0 Å². The van der Waals surface area contributed by atoms with E-state index in [1.165, 1.54) is 0 Å². The minimum atomic E-state index is -0.375. The second-order valence-electron chi connectivity index (χ2n) is 3.07. The van der Waals surface area contributed by atoms with Crippen LogP contribution in [0.2, 0.25) is 0 Å². The molecule has 5 heteroatoms. The Morgan fingerprint density at radius 2 is 2.47 bits per heavy atom. The molecule has 1 atom stereocenters. The molecular weight excluding hydrogens is 196 g/mol. The molecule has 0 spiro atoms. The van der Waals surface area contributed by atoms with Crippen molar-refractivity contribution >= 4 is 5.91 Å². The molecule has 84 valence electrons. The third-order valence-corrected chi connectivity index (χ3v) is 1.81. The van der Waals surface area contributed by atoms with Crippen LogP contribution >= 0.6 is 0 Å². The monoisotopic (exact) mass is 212 g/mol. The summed E-state index contributed by atoms with van der Waals surface area (Å²) in [6.45, 7) is 4.49. The summed E-state index contributed by atoms with van der Waals surface area (Å²) in [4.78, 5) is 16.4. The second kappa shape index (κ2) is 6.21. The van der Waals surface area contributed by atoms with Gasteiger partial charge >= 0.3 is 0 Å². The zero-order valence-electron chi connectivity index (χ0n) is 8.95. The predicted molar refractivity (Wildman–Crippen MR) is 54.8 cm³/mol. The first-order chi connectivity index (χ1) is 7.24. The van der Waals surface area contributed by atoms with E-state index >= 15 is 0 Å². The van der Waals surface area contributed by atoms with Crippen LogP contribution in [0.3, 0.4) is 0 Å². The number of rotatable bonds is 6. The van der Waals surface area contributed by atoms with Gasteiger partial charge in [0.05, 0.1) is 19.4 Å². The molecule has 1 unspecified atom stereocenters. The first-order valence-electron chi connectivity index (χ1n) is 4.91. The number of furan rings is 1. The number of carbonyl (C=O) groups excluding carboxylic acids is 1. The third-order valence-electron chi connectivity index (χ3n) is 1.81. The fourth-order valence-corrected chi connectivity index (χ4v) is 1.00. The average molecular weight is 212 g/mol. The molecule has 1 aromatic rings. The highest BCUT2D eigenvalue weighted by Crippen LogP contribution is 1.98. The van der Waals surface area contributed by atoms with E-state index in [2.05, 4.69) is 10.8 Å². The maximum atomic E-state index is 11.4. The molecule has 0 radical (unpaired) electrons. The minimum Gasteiger partial charge on any atom is -0.467 e. The Morgan fingerprint density at radius 1 is 1.67 bits per heavy atom.